The third kappa shape index (κ3) is 4.61. The monoisotopic (exact) mass is 406 g/mol. The molecule has 0 bridgehead atoms. The van der Waals surface area contributed by atoms with Crippen LogP contribution in [0.5, 0.6) is 0 Å². The van der Waals surface area contributed by atoms with Crippen molar-refractivity contribution in [1.29, 1.82) is 0 Å². The zero-order valence-corrected chi connectivity index (χ0v) is 16.8. The summed E-state index contributed by atoms with van der Waals surface area (Å²) in [5.41, 5.74) is 0. The van der Waals surface area contributed by atoms with Crippen LogP contribution in [0.2, 0.25) is 0 Å². The third-order valence-corrected chi connectivity index (χ3v) is 5.57. The van der Waals surface area contributed by atoms with Gasteiger partial charge < -0.3 is 0 Å². The van der Waals surface area contributed by atoms with Crippen molar-refractivity contribution in [3.05, 3.63) is 0 Å². The molecule has 0 aliphatic carbocycles. The highest BCUT2D eigenvalue weighted by Gasteiger charge is 2.45. The maximum atomic E-state index is 12.5. The van der Waals surface area contributed by atoms with Crippen LogP contribution in [0.15, 0.2) is 15.4 Å². The van der Waals surface area contributed by atoms with E-state index in [1.807, 2.05) is 18.8 Å². The lowest BCUT2D eigenvalue weighted by Gasteiger charge is -2.26. The van der Waals surface area contributed by atoms with Crippen molar-refractivity contribution in [3.63, 3.8) is 0 Å². The van der Waals surface area contributed by atoms with Gasteiger partial charge in [0.1, 0.15) is 0 Å². The maximum absolute atomic E-state index is 12.5. The Morgan fingerprint density at radius 2 is 1.67 bits per heavy atom. The second-order valence-corrected chi connectivity index (χ2v) is 8.06. The zero-order chi connectivity index (χ0) is 17.5. The highest BCUT2D eigenvalue weighted by molar-refractivity contribution is 7.99. The molecule has 0 saturated carbocycles. The third-order valence-electron chi connectivity index (χ3n) is 3.12. The van der Waals surface area contributed by atoms with Gasteiger partial charge in [-0.25, -0.2) is 10.0 Å². The number of nitrogens with zero attached hydrogens (tertiary/aromatic N) is 6. The minimum Gasteiger partial charge on any atom is -0.270 e. The molecule has 1 saturated heterocycles. The molecule has 1 aromatic rings. The molecule has 2 heterocycles. The van der Waals surface area contributed by atoms with Gasteiger partial charge in [-0.15, -0.1) is 5.11 Å². The number of carbonyl (C=O) groups is 2. The van der Waals surface area contributed by atoms with Crippen molar-refractivity contribution in [3.8, 4) is 0 Å². The fraction of sp³-hybridized carbons (Fsp3) is 0.667. The molecule has 132 valence electrons. The molecule has 2 rings (SSSR count). The first kappa shape index (κ1) is 19.5. The molecule has 1 fully saturated rings. The van der Waals surface area contributed by atoms with E-state index >= 15 is 0 Å². The van der Waals surface area contributed by atoms with E-state index in [1.165, 1.54) is 21.8 Å². The number of rotatable bonds is 9. The summed E-state index contributed by atoms with van der Waals surface area (Å²) in [5.74, 6) is 0.861. The zero-order valence-electron chi connectivity index (χ0n) is 13.5. The summed E-state index contributed by atoms with van der Waals surface area (Å²) in [6.45, 7) is 0.975. The standard InChI is InChI=1S/C12H18N6O2S4/c1-21-6-4-17-9(19)8(10(20)18(17)5-7-22-2)14-15-11-13-12(23-3)16-24-11/h8H,4-7H2,1-3H3/b15-14+. The first-order valence-electron chi connectivity index (χ1n) is 7.01. The van der Waals surface area contributed by atoms with Gasteiger partial charge in [0, 0.05) is 23.0 Å². The summed E-state index contributed by atoms with van der Waals surface area (Å²) in [6.07, 6.45) is 5.79. The lowest BCUT2D eigenvalue weighted by atomic mass is 10.3. The molecule has 0 atom stereocenters. The average molecular weight is 407 g/mol. The van der Waals surface area contributed by atoms with Gasteiger partial charge in [-0.3, -0.25) is 9.59 Å². The van der Waals surface area contributed by atoms with Gasteiger partial charge in [0.05, 0.1) is 13.1 Å². The number of amides is 2. The number of carbonyl (C=O) groups excluding carboxylic acids is 2. The predicted molar refractivity (Wildman–Crippen MR) is 100 cm³/mol. The first-order valence-corrected chi connectivity index (χ1v) is 11.8. The average Bonchev–Trinajstić information content (AvgIpc) is 3.13. The Balaban J connectivity index is 2.13. The molecule has 24 heavy (non-hydrogen) atoms. The van der Waals surface area contributed by atoms with Gasteiger partial charge in [-0.05, 0) is 18.8 Å². The largest absolute Gasteiger partial charge is 0.277 e. The van der Waals surface area contributed by atoms with Crippen LogP contribution in [0, 0.1) is 0 Å². The summed E-state index contributed by atoms with van der Waals surface area (Å²) in [4.78, 5) is 29.2. The molecule has 0 unspecified atom stereocenters. The SMILES string of the molecule is CSCCN1C(=O)C(/N=N/c2nc(SC)ns2)C(=O)N1CCSC. The van der Waals surface area contributed by atoms with Gasteiger partial charge in [0.15, 0.2) is 0 Å². The van der Waals surface area contributed by atoms with E-state index in [0.717, 1.165) is 23.0 Å². The molecule has 0 spiro atoms. The van der Waals surface area contributed by atoms with E-state index in [4.69, 9.17) is 0 Å². The summed E-state index contributed by atoms with van der Waals surface area (Å²) < 4.78 is 4.07. The van der Waals surface area contributed by atoms with Crippen LogP contribution < -0.4 is 0 Å². The first-order chi connectivity index (χ1) is 11.6. The van der Waals surface area contributed by atoms with Crippen molar-refractivity contribution >= 4 is 63.8 Å². The molecule has 1 aromatic heterocycles. The lowest BCUT2D eigenvalue weighted by molar-refractivity contribution is -0.145. The van der Waals surface area contributed by atoms with Crippen LogP contribution >= 0.6 is 46.8 Å². The normalized spacial score (nSPS) is 16.1. The maximum Gasteiger partial charge on any atom is 0.277 e. The van der Waals surface area contributed by atoms with Crippen molar-refractivity contribution in [2.24, 2.45) is 10.2 Å². The van der Waals surface area contributed by atoms with E-state index in [9.17, 15) is 9.59 Å². The van der Waals surface area contributed by atoms with Crippen molar-refractivity contribution in [2.45, 2.75) is 11.2 Å². The topological polar surface area (TPSA) is 91.1 Å². The molecule has 1 aliphatic heterocycles. The Labute approximate surface area is 157 Å². The number of azo groups is 1. The Kier molecular flexibility index (Phi) is 7.78. The fourth-order valence-electron chi connectivity index (χ4n) is 1.98. The van der Waals surface area contributed by atoms with Crippen LogP contribution in [-0.2, 0) is 9.59 Å². The minimum absolute atomic E-state index is 0.325. The number of hydrogen-bond donors (Lipinski definition) is 0. The van der Waals surface area contributed by atoms with Crippen molar-refractivity contribution in [1.82, 2.24) is 19.4 Å². The van der Waals surface area contributed by atoms with Crippen LogP contribution in [0.4, 0.5) is 5.13 Å². The second-order valence-electron chi connectivity index (χ2n) is 4.59. The summed E-state index contributed by atoms with van der Waals surface area (Å²) >= 11 is 5.74. The quantitative estimate of drug-likeness (QED) is 0.352. The van der Waals surface area contributed by atoms with Gasteiger partial charge in [-0.2, -0.15) is 38.0 Å². The van der Waals surface area contributed by atoms with E-state index < -0.39 is 6.04 Å². The Hall–Kier alpha value is -0.850. The number of hydrogen-bond acceptors (Lipinski definition) is 10. The van der Waals surface area contributed by atoms with Crippen LogP contribution in [-0.4, -0.2) is 80.6 Å². The molecule has 0 N–H and O–H groups in total. The Bertz CT molecular complexity index is 584. The molecular weight excluding hydrogens is 388 g/mol. The van der Waals surface area contributed by atoms with Gasteiger partial charge in [0.2, 0.25) is 16.3 Å². The minimum atomic E-state index is -1.12. The van der Waals surface area contributed by atoms with Gasteiger partial charge in [0.25, 0.3) is 11.8 Å². The van der Waals surface area contributed by atoms with Gasteiger partial charge >= 0.3 is 0 Å². The molecule has 12 heteroatoms. The van der Waals surface area contributed by atoms with E-state index in [0.29, 0.717) is 23.4 Å². The van der Waals surface area contributed by atoms with E-state index in [-0.39, 0.29) is 11.8 Å². The molecule has 0 aromatic carbocycles. The number of hydrazine groups is 1. The summed E-state index contributed by atoms with van der Waals surface area (Å²) in [5, 5.41) is 11.8. The van der Waals surface area contributed by atoms with Gasteiger partial charge in [-0.1, -0.05) is 11.8 Å². The van der Waals surface area contributed by atoms with E-state index in [1.54, 1.807) is 23.5 Å². The number of thioether (sulfide) groups is 3. The van der Waals surface area contributed by atoms with E-state index in [2.05, 4.69) is 19.6 Å². The van der Waals surface area contributed by atoms with Crippen molar-refractivity contribution < 1.29 is 9.59 Å². The van der Waals surface area contributed by atoms with Crippen LogP contribution in [0.3, 0.4) is 0 Å². The number of aromatic nitrogens is 2. The van der Waals surface area contributed by atoms with Crippen molar-refractivity contribution in [2.75, 3.05) is 43.4 Å². The molecule has 1 aliphatic rings. The fourth-order valence-corrected chi connectivity index (χ4v) is 3.74. The second kappa shape index (κ2) is 9.59. The lowest BCUT2D eigenvalue weighted by Crippen LogP contribution is -2.43. The highest BCUT2D eigenvalue weighted by Crippen LogP contribution is 2.23. The summed E-state index contributed by atoms with van der Waals surface area (Å²) in [7, 11) is 0. The molecule has 2 amide bonds. The van der Waals surface area contributed by atoms with Crippen LogP contribution in [0.25, 0.3) is 0 Å². The van der Waals surface area contributed by atoms with Crippen LogP contribution in [0.1, 0.15) is 0 Å². The molecule has 0 radical (unpaired) electrons. The Morgan fingerprint density at radius 1 is 1.08 bits per heavy atom. The highest BCUT2D eigenvalue weighted by atomic mass is 32.2. The predicted octanol–water partition coefficient (Wildman–Crippen LogP) is 2.02. The Morgan fingerprint density at radius 3 is 2.12 bits per heavy atom. The molecular formula is C12H18N6O2S4. The molecule has 8 nitrogen and oxygen atoms in total. The summed E-state index contributed by atoms with van der Waals surface area (Å²) in [6, 6.07) is -1.12. The smallest absolute Gasteiger partial charge is 0.270 e.